The first-order chi connectivity index (χ1) is 12.9. The van der Waals surface area contributed by atoms with Gasteiger partial charge >= 0.3 is 0 Å². The van der Waals surface area contributed by atoms with Crippen molar-refractivity contribution in [3.05, 3.63) is 54.1 Å². The molecule has 0 aromatic heterocycles. The molecule has 3 atom stereocenters. The highest BCUT2D eigenvalue weighted by Crippen LogP contribution is 2.28. The zero-order valence-corrected chi connectivity index (χ0v) is 15.4. The van der Waals surface area contributed by atoms with Crippen LogP contribution in [0.4, 0.5) is 0 Å². The summed E-state index contributed by atoms with van der Waals surface area (Å²) in [6.45, 7) is 0. The van der Waals surface area contributed by atoms with E-state index < -0.39 is 10.0 Å². The molecule has 8 heteroatoms. The van der Waals surface area contributed by atoms with Gasteiger partial charge in [0.1, 0.15) is 11.5 Å². The zero-order chi connectivity index (χ0) is 19.0. The number of carbonyl (C=O) groups is 1. The standard InChI is InChI=1S/C19H21N3O4S/c20-27(24,25)16-3-1-2-15(11-16)26-14-7-4-12(5-8-14)19(23)22-18-10-13-6-9-17(18)21-13/h1-5,7-8,11,13,17-18,21H,6,9-10H2,(H,22,23)(H2,20,24,25). The van der Waals surface area contributed by atoms with Crippen LogP contribution in [0.3, 0.4) is 0 Å². The van der Waals surface area contributed by atoms with Gasteiger partial charge in [-0.3, -0.25) is 4.79 Å². The van der Waals surface area contributed by atoms with Crippen molar-refractivity contribution in [2.24, 2.45) is 5.14 Å². The van der Waals surface area contributed by atoms with E-state index in [1.807, 2.05) is 0 Å². The van der Waals surface area contributed by atoms with Crippen molar-refractivity contribution in [1.29, 1.82) is 0 Å². The molecule has 4 rings (SSSR count). The molecule has 0 radical (unpaired) electrons. The molecular formula is C19H21N3O4S. The number of nitrogens with one attached hydrogen (secondary N) is 2. The number of fused-ring (bicyclic) bond motifs is 2. The average Bonchev–Trinajstić information content (AvgIpc) is 3.25. The molecule has 2 aromatic carbocycles. The highest BCUT2D eigenvalue weighted by molar-refractivity contribution is 7.89. The minimum absolute atomic E-state index is 0.0181. The summed E-state index contributed by atoms with van der Waals surface area (Å²) < 4.78 is 28.5. The maximum Gasteiger partial charge on any atom is 0.251 e. The number of sulfonamides is 1. The van der Waals surface area contributed by atoms with Crippen LogP contribution in [-0.2, 0) is 10.0 Å². The lowest BCUT2D eigenvalue weighted by molar-refractivity contribution is 0.0931. The number of carbonyl (C=O) groups excluding carboxylic acids is 1. The minimum Gasteiger partial charge on any atom is -0.457 e. The molecule has 0 spiro atoms. The molecule has 2 fully saturated rings. The fourth-order valence-electron chi connectivity index (χ4n) is 3.76. The van der Waals surface area contributed by atoms with Crippen molar-refractivity contribution < 1.29 is 17.9 Å². The predicted molar refractivity (Wildman–Crippen MR) is 100 cm³/mol. The third-order valence-electron chi connectivity index (χ3n) is 5.10. The molecule has 2 saturated heterocycles. The summed E-state index contributed by atoms with van der Waals surface area (Å²) in [4.78, 5) is 12.4. The number of ether oxygens (including phenoxy) is 1. The van der Waals surface area contributed by atoms with Crippen LogP contribution in [0.15, 0.2) is 53.4 Å². The molecule has 2 aliphatic rings. The van der Waals surface area contributed by atoms with Gasteiger partial charge in [-0.05, 0) is 55.7 Å². The Morgan fingerprint density at radius 2 is 1.89 bits per heavy atom. The third-order valence-corrected chi connectivity index (χ3v) is 6.01. The van der Waals surface area contributed by atoms with Gasteiger partial charge in [0.2, 0.25) is 10.0 Å². The fraction of sp³-hybridized carbons (Fsp3) is 0.316. The van der Waals surface area contributed by atoms with Gasteiger partial charge in [0.15, 0.2) is 0 Å². The molecule has 2 aliphatic heterocycles. The average molecular weight is 387 g/mol. The SMILES string of the molecule is NS(=O)(=O)c1cccc(Oc2ccc(C(=O)NC3CC4CCC3N4)cc2)c1. The maximum absolute atomic E-state index is 12.4. The molecule has 27 heavy (non-hydrogen) atoms. The van der Waals surface area contributed by atoms with Gasteiger partial charge in [-0.15, -0.1) is 0 Å². The highest BCUT2D eigenvalue weighted by atomic mass is 32.2. The molecule has 142 valence electrons. The van der Waals surface area contributed by atoms with Gasteiger partial charge in [0, 0.05) is 29.8 Å². The van der Waals surface area contributed by atoms with E-state index in [0.29, 0.717) is 29.1 Å². The quantitative estimate of drug-likeness (QED) is 0.724. The Morgan fingerprint density at radius 3 is 2.52 bits per heavy atom. The lowest BCUT2D eigenvalue weighted by Crippen LogP contribution is -2.42. The number of primary sulfonamides is 1. The van der Waals surface area contributed by atoms with Gasteiger partial charge < -0.3 is 15.4 Å². The van der Waals surface area contributed by atoms with Gasteiger partial charge in [-0.2, -0.15) is 0 Å². The summed E-state index contributed by atoms with van der Waals surface area (Å²) in [7, 11) is -3.79. The number of nitrogens with two attached hydrogens (primary N) is 1. The summed E-state index contributed by atoms with van der Waals surface area (Å²) in [5, 5.41) is 11.7. The molecular weight excluding hydrogens is 366 g/mol. The third kappa shape index (κ3) is 3.97. The van der Waals surface area contributed by atoms with Gasteiger partial charge in [0.05, 0.1) is 4.90 Å². The molecule has 3 unspecified atom stereocenters. The fourth-order valence-corrected chi connectivity index (χ4v) is 4.31. The normalized spacial score (nSPS) is 24.0. The van der Waals surface area contributed by atoms with Crippen LogP contribution < -0.4 is 20.5 Å². The van der Waals surface area contributed by atoms with Gasteiger partial charge in [-0.25, -0.2) is 13.6 Å². The number of hydrogen-bond acceptors (Lipinski definition) is 5. The van der Waals surface area contributed by atoms with Crippen LogP contribution in [0.25, 0.3) is 0 Å². The number of hydrogen-bond donors (Lipinski definition) is 3. The first-order valence-electron chi connectivity index (χ1n) is 8.86. The molecule has 2 heterocycles. The van der Waals surface area contributed by atoms with Crippen molar-refractivity contribution in [2.75, 3.05) is 0 Å². The molecule has 0 saturated carbocycles. The van der Waals surface area contributed by atoms with E-state index >= 15 is 0 Å². The van der Waals surface area contributed by atoms with Crippen molar-refractivity contribution in [2.45, 2.75) is 42.3 Å². The zero-order valence-electron chi connectivity index (χ0n) is 14.6. The summed E-state index contributed by atoms with van der Waals surface area (Å²) >= 11 is 0. The van der Waals surface area contributed by atoms with E-state index in [1.165, 1.54) is 18.6 Å². The Labute approximate surface area is 158 Å². The Morgan fingerprint density at radius 1 is 1.11 bits per heavy atom. The Balaban J connectivity index is 1.41. The van der Waals surface area contributed by atoms with Crippen LogP contribution >= 0.6 is 0 Å². The van der Waals surface area contributed by atoms with Gasteiger partial charge in [0.25, 0.3) is 5.91 Å². The maximum atomic E-state index is 12.4. The summed E-state index contributed by atoms with van der Waals surface area (Å²) in [6, 6.07) is 13.8. The number of amides is 1. The number of rotatable bonds is 5. The Bertz CT molecular complexity index is 959. The molecule has 2 bridgehead atoms. The molecule has 1 amide bonds. The van der Waals surface area contributed by atoms with Crippen LogP contribution in [0.1, 0.15) is 29.6 Å². The van der Waals surface area contributed by atoms with E-state index in [2.05, 4.69) is 10.6 Å². The Kier molecular flexibility index (Phi) is 4.63. The second-order valence-corrected chi connectivity index (χ2v) is 8.57. The summed E-state index contributed by atoms with van der Waals surface area (Å²) in [5.41, 5.74) is 0.559. The first-order valence-corrected chi connectivity index (χ1v) is 10.4. The second-order valence-electron chi connectivity index (χ2n) is 7.01. The predicted octanol–water partition coefficient (Wildman–Crippen LogP) is 1.75. The largest absolute Gasteiger partial charge is 0.457 e. The minimum atomic E-state index is -3.79. The van der Waals surface area contributed by atoms with E-state index in [1.54, 1.807) is 36.4 Å². The van der Waals surface area contributed by atoms with E-state index in [4.69, 9.17) is 9.88 Å². The first kappa shape index (κ1) is 18.0. The summed E-state index contributed by atoms with van der Waals surface area (Å²) in [6.07, 6.45) is 3.29. The van der Waals surface area contributed by atoms with E-state index in [0.717, 1.165) is 12.8 Å². The van der Waals surface area contributed by atoms with Gasteiger partial charge in [-0.1, -0.05) is 6.07 Å². The lowest BCUT2D eigenvalue weighted by atomic mass is 9.95. The highest BCUT2D eigenvalue weighted by Gasteiger charge is 2.39. The Hall–Kier alpha value is -2.42. The molecule has 7 nitrogen and oxygen atoms in total. The molecule has 0 aliphatic carbocycles. The topological polar surface area (TPSA) is 111 Å². The lowest BCUT2D eigenvalue weighted by Gasteiger charge is -2.21. The van der Waals surface area contributed by atoms with Crippen LogP contribution in [0, 0.1) is 0 Å². The number of benzene rings is 2. The van der Waals surface area contributed by atoms with E-state index in [9.17, 15) is 13.2 Å². The second kappa shape index (κ2) is 6.95. The molecule has 4 N–H and O–H groups in total. The van der Waals surface area contributed by atoms with E-state index in [-0.39, 0.29) is 16.8 Å². The van der Waals surface area contributed by atoms with Crippen LogP contribution in [-0.4, -0.2) is 32.5 Å². The monoisotopic (exact) mass is 387 g/mol. The van der Waals surface area contributed by atoms with Crippen LogP contribution in [0.5, 0.6) is 11.5 Å². The van der Waals surface area contributed by atoms with Crippen molar-refractivity contribution in [3.8, 4) is 11.5 Å². The summed E-state index contributed by atoms with van der Waals surface area (Å²) in [5.74, 6) is 0.753. The van der Waals surface area contributed by atoms with Crippen LogP contribution in [0.2, 0.25) is 0 Å². The van der Waals surface area contributed by atoms with Crippen molar-refractivity contribution in [3.63, 3.8) is 0 Å². The van der Waals surface area contributed by atoms with Crippen molar-refractivity contribution in [1.82, 2.24) is 10.6 Å². The smallest absolute Gasteiger partial charge is 0.251 e. The van der Waals surface area contributed by atoms with Crippen molar-refractivity contribution >= 4 is 15.9 Å². The molecule has 2 aromatic rings.